The molecule has 2 heterocycles. The quantitative estimate of drug-likeness (QED) is 0.705. The van der Waals surface area contributed by atoms with Crippen LogP contribution in [0, 0.1) is 0 Å². The molecule has 0 saturated heterocycles. The highest BCUT2D eigenvalue weighted by Crippen LogP contribution is 2.19. The number of rotatable bonds is 7. The smallest absolute Gasteiger partial charge is 0.258 e. The summed E-state index contributed by atoms with van der Waals surface area (Å²) in [5.74, 6) is 1.14. The Hall–Kier alpha value is -3.35. The van der Waals surface area contributed by atoms with Gasteiger partial charge in [0.05, 0.1) is 25.0 Å². The lowest BCUT2D eigenvalue weighted by Gasteiger charge is -2.07. The lowest BCUT2D eigenvalue weighted by molar-refractivity contribution is -0.123. The second kappa shape index (κ2) is 8.15. The Morgan fingerprint density at radius 2 is 1.81 bits per heavy atom. The largest absolute Gasteiger partial charge is 0.497 e. The Bertz CT molecular complexity index is 860. The van der Waals surface area contributed by atoms with Crippen molar-refractivity contribution >= 4 is 5.91 Å². The third kappa shape index (κ3) is 4.38. The number of nitrogens with zero attached hydrogens (tertiary/aromatic N) is 3. The van der Waals surface area contributed by atoms with Crippen LogP contribution in [0.15, 0.2) is 54.9 Å². The van der Waals surface area contributed by atoms with Crippen molar-refractivity contribution in [1.29, 1.82) is 0 Å². The molecule has 26 heavy (non-hydrogen) atoms. The van der Waals surface area contributed by atoms with Gasteiger partial charge in [0.2, 0.25) is 0 Å². The Balaban J connectivity index is 1.51. The topological polar surface area (TPSA) is 78.3 Å². The number of carbonyl (C=O) groups excluding carboxylic acids is 1. The van der Waals surface area contributed by atoms with Gasteiger partial charge in [0.25, 0.3) is 5.91 Å². The molecule has 0 saturated carbocycles. The molecule has 0 bridgehead atoms. The molecule has 0 radical (unpaired) electrons. The average molecular weight is 352 g/mol. The molecule has 0 aliphatic rings. The van der Waals surface area contributed by atoms with E-state index in [-0.39, 0.29) is 12.5 Å². The highest BCUT2D eigenvalue weighted by molar-refractivity contribution is 5.77. The summed E-state index contributed by atoms with van der Waals surface area (Å²) in [7, 11) is 3.47. The number of hydrogen-bond donors (Lipinski definition) is 1. The Morgan fingerprint density at radius 3 is 2.50 bits per heavy atom. The van der Waals surface area contributed by atoms with Gasteiger partial charge in [-0.1, -0.05) is 0 Å². The van der Waals surface area contributed by atoms with Gasteiger partial charge in [-0.05, 0) is 42.5 Å². The molecule has 1 N–H and O–H groups in total. The maximum atomic E-state index is 12.0. The van der Waals surface area contributed by atoms with Crippen LogP contribution >= 0.6 is 0 Å². The van der Waals surface area contributed by atoms with Gasteiger partial charge in [-0.3, -0.25) is 14.5 Å². The van der Waals surface area contributed by atoms with Crippen LogP contribution in [0.2, 0.25) is 0 Å². The molecule has 7 nitrogen and oxygen atoms in total. The van der Waals surface area contributed by atoms with Crippen molar-refractivity contribution in [2.45, 2.75) is 6.54 Å². The zero-order valence-corrected chi connectivity index (χ0v) is 14.7. The van der Waals surface area contributed by atoms with Crippen molar-refractivity contribution in [3.8, 4) is 22.8 Å². The van der Waals surface area contributed by atoms with E-state index in [1.165, 1.54) is 0 Å². The first-order valence-electron chi connectivity index (χ1n) is 8.12. The zero-order valence-electron chi connectivity index (χ0n) is 14.7. The number of ether oxygens (including phenoxy) is 2. The van der Waals surface area contributed by atoms with Crippen LogP contribution in [0.25, 0.3) is 11.3 Å². The van der Waals surface area contributed by atoms with Crippen LogP contribution in [0.5, 0.6) is 11.5 Å². The van der Waals surface area contributed by atoms with Gasteiger partial charge >= 0.3 is 0 Å². The SMILES string of the molecule is COc1ccc(OCC(=O)NCc2cc(-c3ccncc3)n(C)n2)cc1. The van der Waals surface area contributed by atoms with Crippen LogP contribution in [0.4, 0.5) is 0 Å². The maximum absolute atomic E-state index is 12.0. The lowest BCUT2D eigenvalue weighted by Crippen LogP contribution is -2.28. The standard InChI is InChI=1S/C19H20N4O3/c1-23-18(14-7-9-20-10-8-14)11-15(22-23)12-21-19(24)13-26-17-5-3-16(25-2)4-6-17/h3-11H,12-13H2,1-2H3,(H,21,24). The zero-order chi connectivity index (χ0) is 18.4. The number of benzene rings is 1. The van der Waals surface area contributed by atoms with Gasteiger partial charge in [-0.2, -0.15) is 5.10 Å². The summed E-state index contributed by atoms with van der Waals surface area (Å²) in [6.45, 7) is 0.278. The van der Waals surface area contributed by atoms with Gasteiger partial charge in [-0.25, -0.2) is 0 Å². The molecule has 0 aliphatic carbocycles. The number of amides is 1. The van der Waals surface area contributed by atoms with Gasteiger partial charge < -0.3 is 14.8 Å². The number of aromatic nitrogens is 3. The van der Waals surface area contributed by atoms with E-state index in [0.29, 0.717) is 12.3 Å². The minimum absolute atomic E-state index is 0.0592. The highest BCUT2D eigenvalue weighted by Gasteiger charge is 2.09. The third-order valence-corrected chi connectivity index (χ3v) is 3.80. The molecule has 0 aliphatic heterocycles. The molecule has 3 aromatic rings. The van der Waals surface area contributed by atoms with Crippen molar-refractivity contribution in [1.82, 2.24) is 20.1 Å². The first kappa shape index (κ1) is 17.5. The summed E-state index contributed by atoms with van der Waals surface area (Å²) >= 11 is 0. The molecule has 3 rings (SSSR count). The maximum Gasteiger partial charge on any atom is 0.258 e. The predicted molar refractivity (Wildman–Crippen MR) is 96.8 cm³/mol. The van der Waals surface area contributed by atoms with Gasteiger partial charge in [0.15, 0.2) is 6.61 Å². The molecular weight excluding hydrogens is 332 g/mol. The molecule has 0 fully saturated rings. The molecule has 134 valence electrons. The van der Waals surface area contributed by atoms with E-state index in [9.17, 15) is 4.79 Å². The minimum Gasteiger partial charge on any atom is -0.497 e. The Morgan fingerprint density at radius 1 is 1.12 bits per heavy atom. The molecule has 0 atom stereocenters. The van der Waals surface area contributed by atoms with Crippen LogP contribution in [0.1, 0.15) is 5.69 Å². The fraction of sp³-hybridized carbons (Fsp3) is 0.211. The molecular formula is C19H20N4O3. The van der Waals surface area contributed by atoms with E-state index in [2.05, 4.69) is 15.4 Å². The van der Waals surface area contributed by atoms with E-state index in [1.807, 2.05) is 25.2 Å². The Labute approximate surface area is 151 Å². The highest BCUT2D eigenvalue weighted by atomic mass is 16.5. The normalized spacial score (nSPS) is 10.4. The van der Waals surface area contributed by atoms with Crippen molar-refractivity contribution < 1.29 is 14.3 Å². The second-order valence-corrected chi connectivity index (χ2v) is 5.62. The van der Waals surface area contributed by atoms with E-state index >= 15 is 0 Å². The first-order valence-corrected chi connectivity index (χ1v) is 8.12. The van der Waals surface area contributed by atoms with E-state index in [1.54, 1.807) is 48.5 Å². The average Bonchev–Trinajstić information content (AvgIpc) is 3.06. The van der Waals surface area contributed by atoms with E-state index in [4.69, 9.17) is 9.47 Å². The van der Waals surface area contributed by atoms with E-state index in [0.717, 1.165) is 22.7 Å². The minimum atomic E-state index is -0.211. The second-order valence-electron chi connectivity index (χ2n) is 5.62. The van der Waals surface area contributed by atoms with Gasteiger partial charge in [0, 0.05) is 25.0 Å². The van der Waals surface area contributed by atoms with Crippen molar-refractivity contribution in [2.75, 3.05) is 13.7 Å². The first-order chi connectivity index (χ1) is 12.7. The van der Waals surface area contributed by atoms with Crippen LogP contribution in [-0.2, 0) is 18.4 Å². The van der Waals surface area contributed by atoms with E-state index < -0.39 is 0 Å². The predicted octanol–water partition coefficient (Wildman–Crippen LogP) is 2.19. The molecule has 1 amide bonds. The monoisotopic (exact) mass is 352 g/mol. The third-order valence-electron chi connectivity index (χ3n) is 3.80. The summed E-state index contributed by atoms with van der Waals surface area (Å²) < 4.78 is 12.3. The summed E-state index contributed by atoms with van der Waals surface area (Å²) in [5.41, 5.74) is 2.76. The number of methoxy groups -OCH3 is 1. The summed E-state index contributed by atoms with van der Waals surface area (Å²) in [6, 6.07) is 12.9. The lowest BCUT2D eigenvalue weighted by atomic mass is 10.2. The molecule has 0 spiro atoms. The number of aryl methyl sites for hydroxylation is 1. The van der Waals surface area contributed by atoms with Gasteiger partial charge in [0.1, 0.15) is 11.5 Å². The summed E-state index contributed by atoms with van der Waals surface area (Å²) in [5, 5.41) is 7.23. The summed E-state index contributed by atoms with van der Waals surface area (Å²) in [4.78, 5) is 16.0. The molecule has 7 heteroatoms. The van der Waals surface area contributed by atoms with Crippen LogP contribution < -0.4 is 14.8 Å². The number of nitrogens with one attached hydrogen (secondary N) is 1. The van der Waals surface area contributed by atoms with Crippen molar-refractivity contribution in [3.63, 3.8) is 0 Å². The molecule has 2 aromatic heterocycles. The number of carbonyl (C=O) groups is 1. The van der Waals surface area contributed by atoms with Crippen LogP contribution in [0.3, 0.4) is 0 Å². The number of pyridine rings is 1. The Kier molecular flexibility index (Phi) is 5.48. The summed E-state index contributed by atoms with van der Waals surface area (Å²) in [6.07, 6.45) is 3.47. The molecule has 1 aromatic carbocycles. The number of hydrogen-bond acceptors (Lipinski definition) is 5. The van der Waals surface area contributed by atoms with Crippen molar-refractivity contribution in [2.24, 2.45) is 7.05 Å². The van der Waals surface area contributed by atoms with Crippen molar-refractivity contribution in [3.05, 3.63) is 60.6 Å². The van der Waals surface area contributed by atoms with Crippen LogP contribution in [-0.4, -0.2) is 34.4 Å². The fourth-order valence-electron chi connectivity index (χ4n) is 2.47. The fourth-order valence-corrected chi connectivity index (χ4v) is 2.47. The molecule has 0 unspecified atom stereocenters. The van der Waals surface area contributed by atoms with Gasteiger partial charge in [-0.15, -0.1) is 0 Å².